The zero-order valence-corrected chi connectivity index (χ0v) is 4.29. The highest BCUT2D eigenvalue weighted by Crippen LogP contribution is 2.32. The van der Waals surface area contributed by atoms with Gasteiger partial charge in [-0.2, -0.15) is 0 Å². The van der Waals surface area contributed by atoms with E-state index in [0.717, 1.165) is 0 Å². The Labute approximate surface area is 45.8 Å². The minimum absolute atomic E-state index is 0.0995. The summed E-state index contributed by atoms with van der Waals surface area (Å²) < 4.78 is 35.4. The molecule has 0 heterocycles. The fourth-order valence-electron chi connectivity index (χ4n) is 0.601. The summed E-state index contributed by atoms with van der Waals surface area (Å²) in [6.07, 6.45) is -3.66. The van der Waals surface area contributed by atoms with E-state index in [9.17, 15) is 13.2 Å². The number of allylic oxidation sites excluding steroid dienone is 2. The zero-order chi connectivity index (χ0) is 6.31. The third-order valence-electron chi connectivity index (χ3n) is 1.29. The lowest BCUT2D eigenvalue weighted by Crippen LogP contribution is -2.32. The van der Waals surface area contributed by atoms with Gasteiger partial charge in [0, 0.05) is 0 Å². The highest BCUT2D eigenvalue weighted by molar-refractivity contribution is 6.23. The first-order chi connectivity index (χ1) is 3.64. The van der Waals surface area contributed by atoms with Crippen LogP contribution in [0.3, 0.4) is 0 Å². The van der Waals surface area contributed by atoms with Crippen molar-refractivity contribution < 1.29 is 13.2 Å². The van der Waals surface area contributed by atoms with Gasteiger partial charge in [-0.15, -0.1) is 0 Å². The van der Waals surface area contributed by atoms with Crippen LogP contribution in [0.1, 0.15) is 0 Å². The number of hydrogen-bond donors (Lipinski definition) is 0. The molecule has 0 spiro atoms. The smallest absolute Gasteiger partial charge is 0.185 e. The Balaban J connectivity index is 2.74. The van der Waals surface area contributed by atoms with Crippen molar-refractivity contribution in [3.8, 4) is 0 Å². The van der Waals surface area contributed by atoms with Crippen LogP contribution in [0.4, 0.5) is 13.2 Å². The van der Waals surface area contributed by atoms with Crippen molar-refractivity contribution in [2.45, 2.75) is 12.3 Å². The molecule has 8 heavy (non-hydrogen) atoms. The first-order valence-corrected chi connectivity index (χ1v) is 2.29. The Morgan fingerprint density at radius 3 is 1.88 bits per heavy atom. The normalized spacial score (nSPS) is 37.4. The van der Waals surface area contributed by atoms with Crippen LogP contribution in [0.5, 0.6) is 0 Å². The third kappa shape index (κ3) is 0.486. The van der Waals surface area contributed by atoms with Gasteiger partial charge in [-0.05, 0) is 5.47 Å². The molecule has 0 aliphatic heterocycles. The molecule has 0 radical (unpaired) electrons. The van der Waals surface area contributed by atoms with Crippen LogP contribution in [0.2, 0.25) is 0 Å². The summed E-state index contributed by atoms with van der Waals surface area (Å²) in [6, 6.07) is 0. The first kappa shape index (κ1) is 5.73. The monoisotopic (exact) mass is 120 g/mol. The number of rotatable bonds is 0. The highest BCUT2D eigenvalue weighted by Gasteiger charge is 2.38. The standard InChI is InChI=1S/C4H4BF3/c5-1-2(6)4(8)3(1)7/h2,4H,5H2/t2-,4?/m0/s1. The van der Waals surface area contributed by atoms with Gasteiger partial charge in [0.05, 0.1) is 0 Å². The lowest BCUT2D eigenvalue weighted by atomic mass is 9.78. The van der Waals surface area contributed by atoms with Gasteiger partial charge in [0.15, 0.2) is 12.3 Å². The van der Waals surface area contributed by atoms with Crippen LogP contribution < -0.4 is 0 Å². The summed E-state index contributed by atoms with van der Waals surface area (Å²) in [5, 5.41) is 0. The Kier molecular flexibility index (Phi) is 1.10. The lowest BCUT2D eigenvalue weighted by molar-refractivity contribution is 0.164. The van der Waals surface area contributed by atoms with Gasteiger partial charge < -0.3 is 0 Å². The van der Waals surface area contributed by atoms with Crippen molar-refractivity contribution in [3.05, 3.63) is 11.3 Å². The minimum atomic E-state index is -1.98. The molecule has 1 unspecified atom stereocenters. The van der Waals surface area contributed by atoms with Crippen molar-refractivity contribution in [1.29, 1.82) is 0 Å². The predicted molar refractivity (Wildman–Crippen MR) is 26.5 cm³/mol. The molecular formula is C4H4BF3. The largest absolute Gasteiger partial charge is 0.240 e. The Morgan fingerprint density at radius 2 is 1.75 bits per heavy atom. The molecule has 0 amide bonds. The van der Waals surface area contributed by atoms with Gasteiger partial charge in [-0.3, -0.25) is 0 Å². The first-order valence-electron chi connectivity index (χ1n) is 2.29. The summed E-state index contributed by atoms with van der Waals surface area (Å²) in [4.78, 5) is 0. The average molecular weight is 120 g/mol. The molecule has 0 aromatic heterocycles. The summed E-state index contributed by atoms with van der Waals surface area (Å²) in [6.45, 7) is 0. The number of alkyl halides is 2. The molecule has 1 aliphatic rings. The third-order valence-corrected chi connectivity index (χ3v) is 1.29. The van der Waals surface area contributed by atoms with E-state index in [0.29, 0.717) is 0 Å². The van der Waals surface area contributed by atoms with Crippen molar-refractivity contribution in [3.63, 3.8) is 0 Å². The van der Waals surface area contributed by atoms with Crippen LogP contribution in [0.25, 0.3) is 0 Å². The average Bonchev–Trinajstić information content (AvgIpc) is 1.83. The van der Waals surface area contributed by atoms with Crippen molar-refractivity contribution in [1.82, 2.24) is 0 Å². The molecule has 2 atom stereocenters. The van der Waals surface area contributed by atoms with Crippen molar-refractivity contribution in [2.24, 2.45) is 0 Å². The Morgan fingerprint density at radius 1 is 1.25 bits per heavy atom. The van der Waals surface area contributed by atoms with Gasteiger partial charge in [-0.25, -0.2) is 13.2 Å². The van der Waals surface area contributed by atoms with Gasteiger partial charge in [0.25, 0.3) is 0 Å². The van der Waals surface area contributed by atoms with E-state index < -0.39 is 18.2 Å². The van der Waals surface area contributed by atoms with Crippen LogP contribution in [-0.4, -0.2) is 20.2 Å². The van der Waals surface area contributed by atoms with Crippen LogP contribution in [-0.2, 0) is 0 Å². The second-order valence-electron chi connectivity index (χ2n) is 1.83. The van der Waals surface area contributed by atoms with E-state index >= 15 is 0 Å². The van der Waals surface area contributed by atoms with Gasteiger partial charge in [0.2, 0.25) is 0 Å². The molecule has 44 valence electrons. The molecule has 1 rings (SSSR count). The predicted octanol–water partition coefficient (Wildman–Crippen LogP) is 0.490. The molecule has 0 N–H and O–H groups in total. The molecular weight excluding hydrogens is 116 g/mol. The van der Waals surface area contributed by atoms with E-state index in [2.05, 4.69) is 0 Å². The van der Waals surface area contributed by atoms with Gasteiger partial charge >= 0.3 is 0 Å². The van der Waals surface area contributed by atoms with E-state index in [1.54, 1.807) is 0 Å². The van der Waals surface area contributed by atoms with Gasteiger partial charge in [-0.1, -0.05) is 0 Å². The lowest BCUT2D eigenvalue weighted by Gasteiger charge is -2.23. The highest BCUT2D eigenvalue weighted by atomic mass is 19.2. The molecule has 0 saturated heterocycles. The molecule has 1 aliphatic carbocycles. The Hall–Kier alpha value is -0.405. The zero-order valence-electron chi connectivity index (χ0n) is 4.29. The molecule has 0 nitrogen and oxygen atoms in total. The van der Waals surface area contributed by atoms with Crippen LogP contribution >= 0.6 is 0 Å². The van der Waals surface area contributed by atoms with E-state index in [-0.39, 0.29) is 5.47 Å². The van der Waals surface area contributed by atoms with Crippen molar-refractivity contribution >= 4 is 7.85 Å². The fourth-order valence-corrected chi connectivity index (χ4v) is 0.601. The summed E-state index contributed by atoms with van der Waals surface area (Å²) in [7, 11) is 1.25. The molecule has 0 saturated carbocycles. The number of hydrogen-bond acceptors (Lipinski definition) is 0. The van der Waals surface area contributed by atoms with Crippen LogP contribution in [0.15, 0.2) is 11.3 Å². The van der Waals surface area contributed by atoms with E-state index in [4.69, 9.17) is 0 Å². The SMILES string of the molecule is BC1=C(F)C(F)[C@H]1F. The summed E-state index contributed by atoms with van der Waals surface area (Å²) >= 11 is 0. The molecule has 0 aromatic rings. The number of halogens is 3. The second-order valence-corrected chi connectivity index (χ2v) is 1.83. The minimum Gasteiger partial charge on any atom is -0.240 e. The maximum Gasteiger partial charge on any atom is 0.185 e. The quantitative estimate of drug-likeness (QED) is 0.408. The second kappa shape index (κ2) is 1.54. The summed E-state index contributed by atoms with van der Waals surface area (Å²) in [5.74, 6) is -0.933. The summed E-state index contributed by atoms with van der Waals surface area (Å²) in [5.41, 5.74) is -0.0995. The van der Waals surface area contributed by atoms with E-state index in [1.807, 2.05) is 0 Å². The Bertz CT molecular complexity index is 126. The maximum absolute atomic E-state index is 11.9. The maximum atomic E-state index is 11.9. The fraction of sp³-hybridized carbons (Fsp3) is 0.500. The van der Waals surface area contributed by atoms with Crippen LogP contribution in [0, 0.1) is 0 Å². The van der Waals surface area contributed by atoms with E-state index in [1.165, 1.54) is 7.85 Å². The topological polar surface area (TPSA) is 0 Å². The molecule has 0 bridgehead atoms. The van der Waals surface area contributed by atoms with Crippen molar-refractivity contribution in [2.75, 3.05) is 0 Å². The van der Waals surface area contributed by atoms with Gasteiger partial charge in [0.1, 0.15) is 13.7 Å². The molecule has 0 fully saturated rings. The molecule has 0 aromatic carbocycles. The molecule has 4 heteroatoms.